The number of anilines is 1. The summed E-state index contributed by atoms with van der Waals surface area (Å²) in [4.78, 5) is 11.9. The molecule has 2 rings (SSSR count). The number of terminal acetylenes is 1. The highest BCUT2D eigenvalue weighted by molar-refractivity contribution is 5.89. The Bertz CT molecular complexity index is 724. The number of benzene rings is 1. The maximum absolute atomic E-state index is 11.9. The molecule has 2 amide bonds. The number of carbonyl (C=O) groups excluding carboxylic acids is 1. The summed E-state index contributed by atoms with van der Waals surface area (Å²) in [6.45, 7) is 0.259. The number of aliphatic hydroxyl groups is 3. The van der Waals surface area contributed by atoms with Gasteiger partial charge in [-0.1, -0.05) is 5.23 Å². The van der Waals surface area contributed by atoms with Crippen LogP contribution in [0.1, 0.15) is 25.7 Å². The van der Waals surface area contributed by atoms with E-state index in [4.69, 9.17) is 26.3 Å². The van der Waals surface area contributed by atoms with E-state index in [0.717, 1.165) is 12.8 Å². The summed E-state index contributed by atoms with van der Waals surface area (Å²) in [6.07, 6.45) is 0.655. The highest BCUT2D eigenvalue weighted by Crippen LogP contribution is 2.26. The Hall–Kier alpha value is -2.43. The van der Waals surface area contributed by atoms with Crippen LogP contribution < -0.4 is 15.4 Å². The first-order valence-electron chi connectivity index (χ1n) is 9.91. The summed E-state index contributed by atoms with van der Waals surface area (Å²) < 4.78 is 11.0. The van der Waals surface area contributed by atoms with Crippen LogP contribution in [0.2, 0.25) is 0 Å². The van der Waals surface area contributed by atoms with Gasteiger partial charge in [0.1, 0.15) is 24.1 Å². The minimum absolute atomic E-state index is 0.0293. The molecule has 0 bridgehead atoms. The van der Waals surface area contributed by atoms with Gasteiger partial charge in [0.05, 0.1) is 12.6 Å². The predicted octanol–water partition coefficient (Wildman–Crippen LogP) is 0.269. The van der Waals surface area contributed by atoms with Crippen LogP contribution in [0.25, 0.3) is 0 Å². The van der Waals surface area contributed by atoms with E-state index in [-0.39, 0.29) is 30.0 Å². The molecule has 0 saturated carbocycles. The molecule has 0 spiro atoms. The van der Waals surface area contributed by atoms with Crippen molar-refractivity contribution in [3.63, 3.8) is 0 Å². The lowest BCUT2D eigenvalue weighted by Gasteiger charge is -2.40. The van der Waals surface area contributed by atoms with Crippen LogP contribution in [0.5, 0.6) is 5.75 Å². The van der Waals surface area contributed by atoms with Gasteiger partial charge >= 0.3 is 6.03 Å². The summed E-state index contributed by atoms with van der Waals surface area (Å²) in [5, 5.41) is 53.1. The number of aliphatic hydroxyl groups excluding tert-OH is 3. The van der Waals surface area contributed by atoms with Gasteiger partial charge in [0, 0.05) is 18.7 Å². The van der Waals surface area contributed by atoms with Crippen molar-refractivity contribution in [3.05, 3.63) is 24.3 Å². The van der Waals surface area contributed by atoms with Gasteiger partial charge in [0.15, 0.2) is 0 Å². The highest BCUT2D eigenvalue weighted by atomic mass is 16.8. The van der Waals surface area contributed by atoms with Crippen LogP contribution >= 0.6 is 0 Å². The van der Waals surface area contributed by atoms with Crippen molar-refractivity contribution in [2.75, 3.05) is 18.4 Å². The Kier molecular flexibility index (Phi) is 9.96. The number of ether oxygens (including phenoxy) is 2. The lowest BCUT2D eigenvalue weighted by Crippen LogP contribution is -2.59. The van der Waals surface area contributed by atoms with Gasteiger partial charge < -0.3 is 35.4 Å². The van der Waals surface area contributed by atoms with Crippen molar-refractivity contribution in [1.29, 1.82) is 0 Å². The van der Waals surface area contributed by atoms with Crippen molar-refractivity contribution in [2.24, 2.45) is 0 Å². The monoisotopic (exact) mass is 439 g/mol. The molecule has 7 N–H and O–H groups in total. The van der Waals surface area contributed by atoms with E-state index in [1.54, 1.807) is 12.1 Å². The Morgan fingerprint density at radius 1 is 1.13 bits per heavy atom. The molecule has 11 heteroatoms. The molecule has 0 aliphatic carbocycles. The molecule has 3 unspecified atom stereocenters. The fourth-order valence-electron chi connectivity index (χ4n) is 2.98. The first-order valence-corrected chi connectivity index (χ1v) is 9.91. The van der Waals surface area contributed by atoms with Gasteiger partial charge in [0.2, 0.25) is 6.29 Å². The van der Waals surface area contributed by atoms with E-state index < -0.39 is 30.7 Å². The second-order valence-electron chi connectivity index (χ2n) is 7.08. The number of nitrogens with zero attached hydrogens (tertiary/aromatic N) is 1. The number of nitrogens with one attached hydrogen (secondary N) is 2. The number of hydrogen-bond donors (Lipinski definition) is 7. The maximum atomic E-state index is 11.9. The SMILES string of the molecule is C#CCCCCNC(=O)Nc1ccc(O[C@H]2OC(CCN(O)O)[C@@H](O)C(O)C2O)cc1. The normalized spacial score (nSPS) is 25.6. The first kappa shape index (κ1) is 24.8. The smallest absolute Gasteiger partial charge is 0.319 e. The van der Waals surface area contributed by atoms with Gasteiger partial charge in [0.25, 0.3) is 0 Å². The van der Waals surface area contributed by atoms with Gasteiger partial charge in [-0.3, -0.25) is 10.4 Å². The van der Waals surface area contributed by atoms with Crippen LogP contribution in [0.3, 0.4) is 0 Å². The quantitative estimate of drug-likeness (QED) is 0.154. The molecule has 31 heavy (non-hydrogen) atoms. The molecule has 5 atom stereocenters. The minimum atomic E-state index is -1.54. The topological polar surface area (TPSA) is 164 Å². The Labute approximate surface area is 180 Å². The fraction of sp³-hybridized carbons (Fsp3) is 0.550. The second kappa shape index (κ2) is 12.4. The zero-order chi connectivity index (χ0) is 22.8. The summed E-state index contributed by atoms with van der Waals surface area (Å²) >= 11 is 0. The average Bonchev–Trinajstić information content (AvgIpc) is 2.74. The summed E-state index contributed by atoms with van der Waals surface area (Å²) in [6, 6.07) is 5.88. The third kappa shape index (κ3) is 7.97. The molecule has 1 aliphatic heterocycles. The van der Waals surface area contributed by atoms with E-state index >= 15 is 0 Å². The molecule has 0 radical (unpaired) electrons. The van der Waals surface area contributed by atoms with Crippen molar-refractivity contribution >= 4 is 11.7 Å². The number of urea groups is 1. The van der Waals surface area contributed by atoms with E-state index in [0.29, 0.717) is 18.7 Å². The lowest BCUT2D eigenvalue weighted by molar-refractivity contribution is -0.317. The average molecular weight is 439 g/mol. The van der Waals surface area contributed by atoms with Crippen molar-refractivity contribution in [3.8, 4) is 18.1 Å². The first-order chi connectivity index (χ1) is 14.8. The van der Waals surface area contributed by atoms with Gasteiger partial charge in [-0.05, 0) is 43.5 Å². The zero-order valence-corrected chi connectivity index (χ0v) is 16.9. The molecule has 11 nitrogen and oxygen atoms in total. The number of carbonyl (C=O) groups is 1. The summed E-state index contributed by atoms with van der Waals surface area (Å²) in [5.74, 6) is 2.83. The Morgan fingerprint density at radius 2 is 1.84 bits per heavy atom. The highest BCUT2D eigenvalue weighted by Gasteiger charge is 2.44. The Balaban J connectivity index is 1.86. The predicted molar refractivity (Wildman–Crippen MR) is 108 cm³/mol. The van der Waals surface area contributed by atoms with Crippen LogP contribution in [0.4, 0.5) is 10.5 Å². The molecule has 1 aliphatic rings. The Morgan fingerprint density at radius 3 is 2.48 bits per heavy atom. The van der Waals surface area contributed by atoms with Crippen molar-refractivity contribution in [2.45, 2.75) is 56.4 Å². The standard InChI is InChI=1S/C20H29N3O8/c1-2-3-4-5-11-21-20(27)22-13-6-8-14(9-7-13)30-19-18(26)17(25)16(24)15(31-19)10-12-23(28)29/h1,6-9,15-19,24-26,28-29H,3-5,10-12H2,(H2,21,22,27)/t15?,16-,17?,18?,19+/m1/s1. The van der Waals surface area contributed by atoms with Crippen LogP contribution in [-0.4, -0.2) is 80.8 Å². The number of hydroxylamine groups is 2. The molecule has 1 aromatic carbocycles. The van der Waals surface area contributed by atoms with E-state index in [1.807, 2.05) is 0 Å². The molecule has 172 valence electrons. The van der Waals surface area contributed by atoms with Gasteiger partial charge in [-0.15, -0.1) is 12.3 Å². The number of rotatable bonds is 10. The number of unbranched alkanes of at least 4 members (excludes halogenated alkanes) is 2. The molecular formula is C20H29N3O8. The largest absolute Gasteiger partial charge is 0.462 e. The fourth-order valence-corrected chi connectivity index (χ4v) is 2.98. The zero-order valence-electron chi connectivity index (χ0n) is 16.9. The summed E-state index contributed by atoms with van der Waals surface area (Å²) in [5.41, 5.74) is 0.512. The summed E-state index contributed by atoms with van der Waals surface area (Å²) in [7, 11) is 0. The molecule has 1 saturated heterocycles. The molecule has 0 aromatic heterocycles. The van der Waals surface area contributed by atoms with Crippen LogP contribution in [0, 0.1) is 12.3 Å². The van der Waals surface area contributed by atoms with E-state index in [2.05, 4.69) is 16.6 Å². The molecule has 1 fully saturated rings. The maximum Gasteiger partial charge on any atom is 0.319 e. The van der Waals surface area contributed by atoms with E-state index in [9.17, 15) is 20.1 Å². The van der Waals surface area contributed by atoms with Crippen LogP contribution in [-0.2, 0) is 4.74 Å². The molecule has 1 aromatic rings. The third-order valence-electron chi connectivity index (χ3n) is 4.68. The van der Waals surface area contributed by atoms with Crippen molar-refractivity contribution in [1.82, 2.24) is 10.5 Å². The van der Waals surface area contributed by atoms with Crippen molar-refractivity contribution < 1.29 is 40.0 Å². The van der Waals surface area contributed by atoms with Crippen LogP contribution in [0.15, 0.2) is 24.3 Å². The minimum Gasteiger partial charge on any atom is -0.462 e. The lowest BCUT2D eigenvalue weighted by atomic mass is 9.97. The number of hydrogen-bond acceptors (Lipinski definition) is 9. The third-order valence-corrected chi connectivity index (χ3v) is 4.68. The van der Waals surface area contributed by atoms with Gasteiger partial charge in [-0.2, -0.15) is 0 Å². The molecule has 1 heterocycles. The van der Waals surface area contributed by atoms with E-state index in [1.165, 1.54) is 12.1 Å². The molecular weight excluding hydrogens is 410 g/mol. The second-order valence-corrected chi connectivity index (χ2v) is 7.08. The number of amides is 2. The van der Waals surface area contributed by atoms with Gasteiger partial charge in [-0.25, -0.2) is 4.79 Å².